The minimum Gasteiger partial charge on any atom is -0.492 e. The molecule has 0 fully saturated rings. The number of halogens is 1. The average molecular weight is 358 g/mol. The molecule has 0 heterocycles. The predicted molar refractivity (Wildman–Crippen MR) is 94.0 cm³/mol. The molecule has 0 unspecified atom stereocenters. The number of ether oxygens (including phenoxy) is 1. The van der Waals surface area contributed by atoms with Crippen molar-refractivity contribution < 1.29 is 24.5 Å². The fourth-order valence-corrected chi connectivity index (χ4v) is 2.19. The summed E-state index contributed by atoms with van der Waals surface area (Å²) < 4.78 is 5.75. The van der Waals surface area contributed by atoms with Gasteiger partial charge in [-0.1, -0.05) is 23.7 Å². The molecule has 0 aliphatic heterocycles. The van der Waals surface area contributed by atoms with Crippen LogP contribution in [0.2, 0.25) is 5.02 Å². The van der Waals surface area contributed by atoms with E-state index < -0.39 is 11.9 Å². The first-order valence-corrected chi connectivity index (χ1v) is 7.84. The van der Waals surface area contributed by atoms with Gasteiger partial charge in [0, 0.05) is 6.54 Å². The van der Waals surface area contributed by atoms with Gasteiger partial charge < -0.3 is 20.3 Å². The van der Waals surface area contributed by atoms with E-state index in [-0.39, 0.29) is 0 Å². The lowest BCUT2D eigenvalue weighted by atomic mass is 10.1. The Morgan fingerprint density at radius 2 is 1.88 bits per heavy atom. The van der Waals surface area contributed by atoms with Gasteiger partial charge in [-0.3, -0.25) is 0 Å². The van der Waals surface area contributed by atoms with Crippen molar-refractivity contribution in [3.05, 3.63) is 40.9 Å². The van der Waals surface area contributed by atoms with Gasteiger partial charge in [0.1, 0.15) is 5.75 Å². The Bertz CT molecular complexity index is 525. The fraction of sp³-hybridized carbons (Fsp3) is 0.412. The number of benzene rings is 1. The van der Waals surface area contributed by atoms with Gasteiger partial charge >= 0.3 is 11.9 Å². The van der Waals surface area contributed by atoms with Crippen LogP contribution in [-0.2, 0) is 9.59 Å². The first kappa shape index (κ1) is 21.9. The van der Waals surface area contributed by atoms with Crippen molar-refractivity contribution in [2.45, 2.75) is 26.7 Å². The molecule has 0 bridgehead atoms. The highest BCUT2D eigenvalue weighted by molar-refractivity contribution is 6.32. The first-order chi connectivity index (χ1) is 11.3. The largest absolute Gasteiger partial charge is 0.492 e. The highest BCUT2D eigenvalue weighted by Gasteiger charge is 2.06. The highest BCUT2D eigenvalue weighted by Crippen LogP contribution is 2.29. The molecule has 0 amide bonds. The number of carboxylic acid groups (broad SMARTS) is 2. The van der Waals surface area contributed by atoms with Gasteiger partial charge in [-0.15, -0.1) is 6.58 Å². The lowest BCUT2D eigenvalue weighted by Gasteiger charge is -2.12. The number of rotatable bonds is 8. The Morgan fingerprint density at radius 1 is 1.25 bits per heavy atom. The van der Waals surface area contributed by atoms with Crippen molar-refractivity contribution >= 4 is 23.5 Å². The summed E-state index contributed by atoms with van der Waals surface area (Å²) in [4.78, 5) is 18.2. The molecule has 0 aliphatic carbocycles. The molecule has 1 rings (SSSR count). The van der Waals surface area contributed by atoms with Crippen LogP contribution in [0.1, 0.15) is 24.0 Å². The van der Waals surface area contributed by atoms with E-state index in [2.05, 4.69) is 18.0 Å². The third-order valence-electron chi connectivity index (χ3n) is 2.84. The molecule has 0 atom stereocenters. The second-order valence-electron chi connectivity index (χ2n) is 5.05. The summed E-state index contributed by atoms with van der Waals surface area (Å²) in [6.45, 7) is 10.3. The van der Waals surface area contributed by atoms with Crippen molar-refractivity contribution in [1.29, 1.82) is 0 Å². The zero-order valence-electron chi connectivity index (χ0n) is 14.0. The Labute approximate surface area is 147 Å². The molecule has 7 heteroatoms. The zero-order valence-corrected chi connectivity index (χ0v) is 14.7. The molecule has 6 nitrogen and oxygen atoms in total. The van der Waals surface area contributed by atoms with Crippen molar-refractivity contribution in [2.75, 3.05) is 19.7 Å². The summed E-state index contributed by atoms with van der Waals surface area (Å²) in [5.41, 5.74) is 2.27. The van der Waals surface area contributed by atoms with Gasteiger partial charge in [-0.2, -0.15) is 0 Å². The van der Waals surface area contributed by atoms with Crippen LogP contribution in [0.25, 0.3) is 0 Å². The number of hydrogen-bond donors (Lipinski definition) is 3. The fourth-order valence-electron chi connectivity index (χ4n) is 1.82. The van der Waals surface area contributed by atoms with E-state index in [4.69, 9.17) is 36.1 Å². The number of nitrogens with one attached hydrogen (secondary N) is 1. The average Bonchev–Trinajstić information content (AvgIpc) is 2.49. The molecule has 1 aromatic carbocycles. The lowest BCUT2D eigenvalue weighted by molar-refractivity contribution is -0.159. The van der Waals surface area contributed by atoms with Crippen LogP contribution in [0, 0.1) is 13.8 Å². The molecule has 0 spiro atoms. The lowest BCUT2D eigenvalue weighted by Crippen LogP contribution is -2.15. The normalized spacial score (nSPS) is 9.62. The Morgan fingerprint density at radius 3 is 2.38 bits per heavy atom. The maximum atomic E-state index is 9.10. The standard InChI is InChI=1S/C15H22ClNO.C2H2O4/c1-4-7-17-8-5-6-9-18-15-13(3)10-12(2)11-14(15)16;3-1(4)2(5)6/h4,10-11,17H,1,5-9H2,2-3H3;(H,3,4)(H,5,6). The maximum absolute atomic E-state index is 9.10. The van der Waals surface area contributed by atoms with Crippen LogP contribution in [-0.4, -0.2) is 41.8 Å². The van der Waals surface area contributed by atoms with E-state index in [9.17, 15) is 0 Å². The van der Waals surface area contributed by atoms with E-state index >= 15 is 0 Å². The Hall–Kier alpha value is -2.05. The predicted octanol–water partition coefficient (Wildman–Crippen LogP) is 3.05. The van der Waals surface area contributed by atoms with E-state index in [0.29, 0.717) is 11.6 Å². The number of hydrogen-bond acceptors (Lipinski definition) is 4. The van der Waals surface area contributed by atoms with E-state index in [1.807, 2.05) is 26.0 Å². The van der Waals surface area contributed by atoms with Crippen molar-refractivity contribution in [3.63, 3.8) is 0 Å². The van der Waals surface area contributed by atoms with Crippen LogP contribution >= 0.6 is 11.6 Å². The van der Waals surface area contributed by atoms with Crippen molar-refractivity contribution in [2.24, 2.45) is 0 Å². The number of carboxylic acids is 2. The second kappa shape index (κ2) is 12.4. The van der Waals surface area contributed by atoms with Crippen LogP contribution in [0.5, 0.6) is 5.75 Å². The summed E-state index contributed by atoms with van der Waals surface area (Å²) in [5.74, 6) is -2.83. The molecule has 24 heavy (non-hydrogen) atoms. The second-order valence-corrected chi connectivity index (χ2v) is 5.46. The molecule has 0 radical (unpaired) electrons. The molecule has 134 valence electrons. The van der Waals surface area contributed by atoms with Gasteiger partial charge in [0.2, 0.25) is 0 Å². The number of unbranched alkanes of at least 4 members (excludes halogenated alkanes) is 1. The molecule has 0 aliphatic rings. The smallest absolute Gasteiger partial charge is 0.414 e. The molecule has 0 saturated heterocycles. The van der Waals surface area contributed by atoms with Gasteiger partial charge in [-0.05, 0) is 50.4 Å². The van der Waals surface area contributed by atoms with Gasteiger partial charge in [-0.25, -0.2) is 9.59 Å². The number of aliphatic carboxylic acids is 2. The highest BCUT2D eigenvalue weighted by atomic mass is 35.5. The van der Waals surface area contributed by atoms with Gasteiger partial charge in [0.15, 0.2) is 0 Å². The van der Waals surface area contributed by atoms with Gasteiger partial charge in [0.05, 0.1) is 11.6 Å². The third-order valence-corrected chi connectivity index (χ3v) is 3.12. The molecule has 0 saturated carbocycles. The van der Waals surface area contributed by atoms with Gasteiger partial charge in [0.25, 0.3) is 0 Å². The quantitative estimate of drug-likeness (QED) is 0.376. The molecular formula is C17H24ClNO5. The van der Waals surface area contributed by atoms with Crippen molar-refractivity contribution in [1.82, 2.24) is 5.32 Å². The van der Waals surface area contributed by atoms with Crippen LogP contribution in [0.15, 0.2) is 24.8 Å². The molecule has 3 N–H and O–H groups in total. The minimum absolute atomic E-state index is 0.706. The zero-order chi connectivity index (χ0) is 18.5. The van der Waals surface area contributed by atoms with E-state index in [1.165, 1.54) is 5.56 Å². The van der Waals surface area contributed by atoms with Crippen LogP contribution in [0.3, 0.4) is 0 Å². The monoisotopic (exact) mass is 357 g/mol. The Kier molecular flexibility index (Phi) is 11.3. The summed E-state index contributed by atoms with van der Waals surface area (Å²) >= 11 is 6.17. The maximum Gasteiger partial charge on any atom is 0.414 e. The first-order valence-electron chi connectivity index (χ1n) is 7.47. The summed E-state index contributed by atoms with van der Waals surface area (Å²) in [6.07, 6.45) is 3.98. The van der Waals surface area contributed by atoms with Crippen LogP contribution < -0.4 is 10.1 Å². The van der Waals surface area contributed by atoms with Crippen molar-refractivity contribution in [3.8, 4) is 5.75 Å². The van der Waals surface area contributed by atoms with Crippen LogP contribution in [0.4, 0.5) is 0 Å². The number of aryl methyl sites for hydroxylation is 2. The van der Waals surface area contributed by atoms with E-state index in [0.717, 1.165) is 37.2 Å². The molecular weight excluding hydrogens is 334 g/mol. The third kappa shape index (κ3) is 9.86. The molecule has 0 aromatic heterocycles. The minimum atomic E-state index is -1.82. The summed E-state index contributed by atoms with van der Waals surface area (Å²) in [7, 11) is 0. The topological polar surface area (TPSA) is 95.9 Å². The number of carbonyl (C=O) groups is 2. The van der Waals surface area contributed by atoms with E-state index in [1.54, 1.807) is 0 Å². The Balaban J connectivity index is 0.000000754. The SMILES string of the molecule is C=CCNCCCCOc1c(C)cc(C)cc1Cl.O=C(O)C(=O)O. The molecule has 1 aromatic rings. The summed E-state index contributed by atoms with van der Waals surface area (Å²) in [5, 5.41) is 18.8. The summed E-state index contributed by atoms with van der Waals surface area (Å²) in [6, 6.07) is 4.03.